The Labute approximate surface area is 118 Å². The normalized spacial score (nSPS) is 24.2. The van der Waals surface area contributed by atoms with Crippen molar-refractivity contribution in [1.82, 2.24) is 4.90 Å². The lowest BCUT2D eigenvalue weighted by Gasteiger charge is -2.47. The van der Waals surface area contributed by atoms with Crippen molar-refractivity contribution >= 4 is 11.8 Å². The van der Waals surface area contributed by atoms with Crippen LogP contribution in [0, 0.1) is 0 Å². The maximum Gasteiger partial charge on any atom is 0.389 e. The summed E-state index contributed by atoms with van der Waals surface area (Å²) in [6.45, 7) is 8.55. The highest BCUT2D eigenvalue weighted by Crippen LogP contribution is 2.35. The molecular formula is C13H25F3N2S. The van der Waals surface area contributed by atoms with Crippen LogP contribution in [0.4, 0.5) is 13.2 Å². The predicted octanol–water partition coefficient (Wildman–Crippen LogP) is 3.26. The minimum atomic E-state index is -4.06. The number of rotatable bonds is 5. The Kier molecular flexibility index (Phi) is 5.61. The zero-order valence-electron chi connectivity index (χ0n) is 12.0. The molecule has 1 rings (SSSR count). The third-order valence-electron chi connectivity index (χ3n) is 3.80. The van der Waals surface area contributed by atoms with Gasteiger partial charge in [0.1, 0.15) is 0 Å². The molecule has 114 valence electrons. The Morgan fingerprint density at radius 2 is 1.89 bits per heavy atom. The Morgan fingerprint density at radius 1 is 1.26 bits per heavy atom. The minimum absolute atomic E-state index is 0.151. The molecule has 0 amide bonds. The van der Waals surface area contributed by atoms with Crippen LogP contribution >= 0.6 is 11.8 Å². The molecule has 1 saturated heterocycles. The first-order chi connectivity index (χ1) is 8.58. The van der Waals surface area contributed by atoms with Gasteiger partial charge in [0.15, 0.2) is 0 Å². The van der Waals surface area contributed by atoms with E-state index < -0.39 is 12.6 Å². The third kappa shape index (κ3) is 5.52. The molecule has 0 radical (unpaired) electrons. The number of hydrogen-bond donors (Lipinski definition) is 1. The second-order valence-corrected chi connectivity index (χ2v) is 8.00. The van der Waals surface area contributed by atoms with E-state index in [9.17, 15) is 13.2 Å². The van der Waals surface area contributed by atoms with E-state index in [0.717, 1.165) is 18.8 Å². The van der Waals surface area contributed by atoms with Gasteiger partial charge >= 0.3 is 6.18 Å². The zero-order chi connectivity index (χ0) is 14.7. The Hall–Kier alpha value is 0.0600. The summed E-state index contributed by atoms with van der Waals surface area (Å²) in [7, 11) is 0. The lowest BCUT2D eigenvalue weighted by molar-refractivity contribution is -0.136. The van der Waals surface area contributed by atoms with Gasteiger partial charge in [-0.15, -0.1) is 0 Å². The van der Waals surface area contributed by atoms with E-state index >= 15 is 0 Å². The first-order valence-corrected chi connectivity index (χ1v) is 7.72. The van der Waals surface area contributed by atoms with E-state index in [4.69, 9.17) is 5.73 Å². The molecule has 2 nitrogen and oxygen atoms in total. The number of alkyl halides is 3. The first kappa shape index (κ1) is 17.1. The van der Waals surface area contributed by atoms with E-state index in [-0.39, 0.29) is 16.7 Å². The van der Waals surface area contributed by atoms with Gasteiger partial charge in [-0.25, -0.2) is 0 Å². The molecule has 2 N–H and O–H groups in total. The Bertz CT molecular complexity index is 294. The van der Waals surface area contributed by atoms with Crippen molar-refractivity contribution in [2.24, 2.45) is 5.73 Å². The highest BCUT2D eigenvalue weighted by molar-refractivity contribution is 8.00. The summed E-state index contributed by atoms with van der Waals surface area (Å²) in [5.74, 6) is 1.02. The van der Waals surface area contributed by atoms with Crippen LogP contribution in [0.2, 0.25) is 0 Å². The predicted molar refractivity (Wildman–Crippen MR) is 75.5 cm³/mol. The molecular weight excluding hydrogens is 273 g/mol. The monoisotopic (exact) mass is 298 g/mol. The molecule has 0 aromatic heterocycles. The molecule has 0 aromatic rings. The van der Waals surface area contributed by atoms with E-state index in [1.165, 1.54) is 0 Å². The summed E-state index contributed by atoms with van der Waals surface area (Å²) in [5, 5.41) is 0. The molecule has 0 spiro atoms. The van der Waals surface area contributed by atoms with Crippen LogP contribution in [0.15, 0.2) is 0 Å². The van der Waals surface area contributed by atoms with Crippen LogP contribution in [-0.4, -0.2) is 46.7 Å². The molecule has 0 aliphatic carbocycles. The summed E-state index contributed by atoms with van der Waals surface area (Å²) < 4.78 is 36.9. The van der Waals surface area contributed by atoms with Crippen LogP contribution in [0.5, 0.6) is 0 Å². The minimum Gasteiger partial charge on any atom is -0.329 e. The highest BCUT2D eigenvalue weighted by Gasteiger charge is 2.38. The van der Waals surface area contributed by atoms with Crippen molar-refractivity contribution in [3.8, 4) is 0 Å². The van der Waals surface area contributed by atoms with Crippen LogP contribution in [0.1, 0.15) is 40.0 Å². The lowest BCUT2D eigenvalue weighted by atomic mass is 9.91. The van der Waals surface area contributed by atoms with Gasteiger partial charge in [-0.2, -0.15) is 24.9 Å². The standard InChI is InChI=1S/C13H25F3N2S/c1-11(2)10-18(7-8-19-11)12(3,9-17)5-4-6-13(14,15)16/h4-10,17H2,1-3H3. The van der Waals surface area contributed by atoms with Crippen molar-refractivity contribution in [3.63, 3.8) is 0 Å². The summed E-state index contributed by atoms with van der Waals surface area (Å²) in [6.07, 6.45) is -4.12. The quantitative estimate of drug-likeness (QED) is 0.844. The van der Waals surface area contributed by atoms with Crippen molar-refractivity contribution in [3.05, 3.63) is 0 Å². The maximum absolute atomic E-state index is 12.3. The van der Waals surface area contributed by atoms with Gasteiger partial charge in [-0.05, 0) is 33.6 Å². The number of halogens is 3. The lowest BCUT2D eigenvalue weighted by Crippen LogP contribution is -2.58. The van der Waals surface area contributed by atoms with Gasteiger partial charge in [-0.1, -0.05) is 0 Å². The molecule has 0 aromatic carbocycles. The summed E-state index contributed by atoms with van der Waals surface area (Å²) in [6, 6.07) is 0. The van der Waals surface area contributed by atoms with E-state index in [1.54, 1.807) is 0 Å². The smallest absolute Gasteiger partial charge is 0.329 e. The van der Waals surface area contributed by atoms with Gasteiger partial charge in [-0.3, -0.25) is 4.90 Å². The van der Waals surface area contributed by atoms with Crippen LogP contribution in [0.3, 0.4) is 0 Å². The van der Waals surface area contributed by atoms with Crippen LogP contribution < -0.4 is 5.73 Å². The maximum atomic E-state index is 12.3. The molecule has 1 atom stereocenters. The van der Waals surface area contributed by atoms with Crippen molar-refractivity contribution in [1.29, 1.82) is 0 Å². The van der Waals surface area contributed by atoms with Gasteiger partial charge in [0.2, 0.25) is 0 Å². The second kappa shape index (κ2) is 6.22. The zero-order valence-corrected chi connectivity index (χ0v) is 12.8. The van der Waals surface area contributed by atoms with Gasteiger partial charge < -0.3 is 5.73 Å². The first-order valence-electron chi connectivity index (χ1n) is 6.74. The van der Waals surface area contributed by atoms with E-state index in [0.29, 0.717) is 13.0 Å². The molecule has 1 heterocycles. The topological polar surface area (TPSA) is 29.3 Å². The summed E-state index contributed by atoms with van der Waals surface area (Å²) >= 11 is 1.92. The molecule has 1 aliphatic rings. The fourth-order valence-electron chi connectivity index (χ4n) is 2.54. The van der Waals surface area contributed by atoms with E-state index in [1.807, 2.05) is 18.7 Å². The SMILES string of the molecule is CC1(C)CN(C(C)(CN)CCCC(F)(F)F)CCS1. The number of thioether (sulfide) groups is 1. The number of hydrogen-bond acceptors (Lipinski definition) is 3. The molecule has 0 bridgehead atoms. The Balaban J connectivity index is 2.58. The molecule has 1 aliphatic heterocycles. The molecule has 1 unspecified atom stereocenters. The molecule has 19 heavy (non-hydrogen) atoms. The third-order valence-corrected chi connectivity index (χ3v) is 5.10. The Morgan fingerprint density at radius 3 is 2.37 bits per heavy atom. The van der Waals surface area contributed by atoms with Gasteiger partial charge in [0, 0.05) is 42.1 Å². The second-order valence-electron chi connectivity index (χ2n) is 6.20. The average molecular weight is 298 g/mol. The summed E-state index contributed by atoms with van der Waals surface area (Å²) in [4.78, 5) is 2.28. The molecule has 6 heteroatoms. The van der Waals surface area contributed by atoms with Crippen molar-refractivity contribution < 1.29 is 13.2 Å². The molecule has 0 saturated carbocycles. The fraction of sp³-hybridized carbons (Fsp3) is 1.00. The van der Waals surface area contributed by atoms with Crippen molar-refractivity contribution in [2.45, 2.75) is 56.5 Å². The largest absolute Gasteiger partial charge is 0.389 e. The van der Waals surface area contributed by atoms with Gasteiger partial charge in [0.05, 0.1) is 0 Å². The fourth-order valence-corrected chi connectivity index (χ4v) is 3.65. The van der Waals surface area contributed by atoms with Crippen molar-refractivity contribution in [2.75, 3.05) is 25.4 Å². The number of nitrogens with zero attached hydrogens (tertiary/aromatic N) is 1. The average Bonchev–Trinajstić information content (AvgIpc) is 2.25. The summed E-state index contributed by atoms with van der Waals surface area (Å²) in [5.41, 5.74) is 5.53. The van der Waals surface area contributed by atoms with Crippen LogP contribution in [0.25, 0.3) is 0 Å². The number of nitrogens with two attached hydrogens (primary N) is 1. The van der Waals surface area contributed by atoms with Gasteiger partial charge in [0.25, 0.3) is 0 Å². The molecule has 1 fully saturated rings. The van der Waals surface area contributed by atoms with Crippen LogP contribution in [-0.2, 0) is 0 Å². The van der Waals surface area contributed by atoms with E-state index in [2.05, 4.69) is 18.7 Å². The highest BCUT2D eigenvalue weighted by atomic mass is 32.2.